The van der Waals surface area contributed by atoms with Gasteiger partial charge in [-0.25, -0.2) is 0 Å². The Morgan fingerprint density at radius 2 is 1.66 bits per heavy atom. The largest absolute Gasteiger partial charge is 0.489 e. The number of para-hydroxylation sites is 1. The average molecular weight is 430 g/mol. The number of benzene rings is 3. The molecule has 5 heteroatoms. The Balaban J connectivity index is 1.34. The van der Waals surface area contributed by atoms with Crippen LogP contribution in [0.1, 0.15) is 28.4 Å². The number of carbonyl (C=O) groups excluding carboxylic acids is 1. The number of amides is 1. The molecule has 1 aliphatic heterocycles. The highest BCUT2D eigenvalue weighted by Gasteiger charge is 2.17. The molecule has 0 aromatic heterocycles. The van der Waals surface area contributed by atoms with E-state index in [4.69, 9.17) is 4.74 Å². The zero-order valence-electron chi connectivity index (χ0n) is 18.9. The molecule has 4 rings (SSSR count). The number of anilines is 2. The van der Waals surface area contributed by atoms with Crippen molar-refractivity contribution in [2.45, 2.75) is 20.5 Å². The van der Waals surface area contributed by atoms with Gasteiger partial charge in [0.2, 0.25) is 0 Å². The van der Waals surface area contributed by atoms with E-state index in [1.165, 1.54) is 5.69 Å². The van der Waals surface area contributed by atoms with E-state index in [1.807, 2.05) is 67.6 Å². The lowest BCUT2D eigenvalue weighted by atomic mass is 10.1. The van der Waals surface area contributed by atoms with Crippen molar-refractivity contribution in [3.8, 4) is 5.75 Å². The zero-order chi connectivity index (χ0) is 22.3. The van der Waals surface area contributed by atoms with Gasteiger partial charge in [-0.1, -0.05) is 37.3 Å². The van der Waals surface area contributed by atoms with Gasteiger partial charge in [-0.05, 0) is 67.1 Å². The Hall–Kier alpha value is -3.31. The van der Waals surface area contributed by atoms with Crippen LogP contribution in [0.4, 0.5) is 11.4 Å². The number of nitrogens with zero attached hydrogens (tertiary/aromatic N) is 2. The van der Waals surface area contributed by atoms with Crippen molar-refractivity contribution in [2.75, 3.05) is 42.9 Å². The van der Waals surface area contributed by atoms with Crippen LogP contribution in [0, 0.1) is 6.92 Å². The van der Waals surface area contributed by atoms with E-state index in [2.05, 4.69) is 34.2 Å². The first-order valence-electron chi connectivity index (χ1n) is 11.3. The molecule has 5 nitrogen and oxygen atoms in total. The second-order valence-electron chi connectivity index (χ2n) is 8.17. The Bertz CT molecular complexity index is 1030. The highest BCUT2D eigenvalue weighted by Crippen LogP contribution is 2.24. The Morgan fingerprint density at radius 1 is 0.938 bits per heavy atom. The van der Waals surface area contributed by atoms with E-state index in [0.717, 1.165) is 55.3 Å². The van der Waals surface area contributed by atoms with E-state index in [-0.39, 0.29) is 5.91 Å². The van der Waals surface area contributed by atoms with Gasteiger partial charge in [-0.3, -0.25) is 4.79 Å². The number of aryl methyl sites for hydroxylation is 1. The number of hydrogen-bond acceptors (Lipinski definition) is 4. The molecule has 0 bridgehead atoms. The van der Waals surface area contributed by atoms with Gasteiger partial charge in [0.15, 0.2) is 0 Å². The number of likely N-dealkylation sites (N-methyl/N-ethyl adjacent to an activating group) is 1. The van der Waals surface area contributed by atoms with Gasteiger partial charge in [-0.15, -0.1) is 0 Å². The van der Waals surface area contributed by atoms with E-state index >= 15 is 0 Å². The lowest BCUT2D eigenvalue weighted by molar-refractivity contribution is 0.102. The van der Waals surface area contributed by atoms with Crippen LogP contribution in [0.2, 0.25) is 0 Å². The molecule has 0 atom stereocenters. The molecule has 32 heavy (non-hydrogen) atoms. The predicted molar refractivity (Wildman–Crippen MR) is 131 cm³/mol. The topological polar surface area (TPSA) is 44.8 Å². The highest BCUT2D eigenvalue weighted by molar-refractivity contribution is 6.04. The van der Waals surface area contributed by atoms with Crippen molar-refractivity contribution < 1.29 is 9.53 Å². The summed E-state index contributed by atoms with van der Waals surface area (Å²) in [5.74, 6) is 0.730. The molecule has 0 radical (unpaired) electrons. The molecule has 3 aromatic rings. The molecule has 1 N–H and O–H groups in total. The van der Waals surface area contributed by atoms with E-state index in [0.29, 0.717) is 12.2 Å². The summed E-state index contributed by atoms with van der Waals surface area (Å²) < 4.78 is 5.77. The summed E-state index contributed by atoms with van der Waals surface area (Å²) in [5, 5.41) is 3.05. The number of rotatable bonds is 7. The molecule has 166 valence electrons. The van der Waals surface area contributed by atoms with Crippen LogP contribution in [-0.2, 0) is 6.61 Å². The maximum atomic E-state index is 12.8. The lowest BCUT2D eigenvalue weighted by Crippen LogP contribution is -2.46. The number of ether oxygens (including phenoxy) is 1. The van der Waals surface area contributed by atoms with Crippen molar-refractivity contribution in [1.82, 2.24) is 4.90 Å². The van der Waals surface area contributed by atoms with Gasteiger partial charge < -0.3 is 19.9 Å². The van der Waals surface area contributed by atoms with E-state index < -0.39 is 0 Å². The molecule has 0 aliphatic carbocycles. The molecule has 1 fully saturated rings. The fraction of sp³-hybridized carbons (Fsp3) is 0.296. The maximum absolute atomic E-state index is 12.8. The second-order valence-corrected chi connectivity index (χ2v) is 8.17. The molecule has 0 saturated carbocycles. The first-order chi connectivity index (χ1) is 15.6. The molecule has 0 unspecified atom stereocenters. The van der Waals surface area contributed by atoms with Crippen molar-refractivity contribution in [3.63, 3.8) is 0 Å². The van der Waals surface area contributed by atoms with Crippen LogP contribution in [-0.4, -0.2) is 43.5 Å². The Labute approximate surface area is 190 Å². The summed E-state index contributed by atoms with van der Waals surface area (Å²) in [5.41, 5.74) is 4.80. The van der Waals surface area contributed by atoms with E-state index in [9.17, 15) is 4.79 Å². The van der Waals surface area contributed by atoms with Gasteiger partial charge >= 0.3 is 0 Å². The summed E-state index contributed by atoms with van der Waals surface area (Å²) >= 11 is 0. The number of piperazine rings is 1. The van der Waals surface area contributed by atoms with Gasteiger partial charge in [0.1, 0.15) is 12.4 Å². The SMILES string of the molecule is CCN1CCN(c2ccc(NC(=O)c3ccc(COc4ccccc4)cc3)c(C)c2)CC1. The number of nitrogens with one attached hydrogen (secondary N) is 1. The van der Waals surface area contributed by atoms with Gasteiger partial charge in [0, 0.05) is 43.1 Å². The average Bonchev–Trinajstić information content (AvgIpc) is 2.85. The normalized spacial score (nSPS) is 14.2. The summed E-state index contributed by atoms with van der Waals surface area (Å²) in [6.07, 6.45) is 0. The van der Waals surface area contributed by atoms with Crippen LogP contribution in [0.25, 0.3) is 0 Å². The van der Waals surface area contributed by atoms with Gasteiger partial charge in [-0.2, -0.15) is 0 Å². The molecule has 1 heterocycles. The lowest BCUT2D eigenvalue weighted by Gasteiger charge is -2.35. The minimum atomic E-state index is -0.104. The standard InChI is InChI=1S/C27H31N3O2/c1-3-29-15-17-30(18-16-29)24-13-14-26(21(2)19-24)28-27(31)23-11-9-22(10-12-23)20-32-25-7-5-4-6-8-25/h4-14,19H,3,15-18,20H2,1-2H3,(H,28,31). The first-order valence-corrected chi connectivity index (χ1v) is 11.3. The number of hydrogen-bond donors (Lipinski definition) is 1. The third kappa shape index (κ3) is 5.48. The molecule has 1 amide bonds. The molecular formula is C27H31N3O2. The maximum Gasteiger partial charge on any atom is 0.255 e. The molecule has 0 spiro atoms. The Morgan fingerprint density at radius 3 is 2.31 bits per heavy atom. The first kappa shape index (κ1) is 21.9. The summed E-state index contributed by atoms with van der Waals surface area (Å²) in [4.78, 5) is 17.6. The molecule has 3 aromatic carbocycles. The van der Waals surface area contributed by atoms with Crippen molar-refractivity contribution >= 4 is 17.3 Å². The quantitative estimate of drug-likeness (QED) is 0.576. The predicted octanol–water partition coefficient (Wildman–Crippen LogP) is 4.97. The minimum absolute atomic E-state index is 0.104. The minimum Gasteiger partial charge on any atom is -0.489 e. The van der Waals surface area contributed by atoms with Crippen LogP contribution < -0.4 is 15.0 Å². The summed E-state index contributed by atoms with van der Waals surface area (Å²) in [7, 11) is 0. The third-order valence-electron chi connectivity index (χ3n) is 6.01. The summed E-state index contributed by atoms with van der Waals surface area (Å²) in [6.45, 7) is 10.1. The fourth-order valence-corrected chi connectivity index (χ4v) is 3.94. The van der Waals surface area contributed by atoms with Crippen molar-refractivity contribution in [2.24, 2.45) is 0 Å². The van der Waals surface area contributed by atoms with Crippen LogP contribution in [0.3, 0.4) is 0 Å². The van der Waals surface area contributed by atoms with Crippen LogP contribution >= 0.6 is 0 Å². The third-order valence-corrected chi connectivity index (χ3v) is 6.01. The molecule has 1 aliphatic rings. The smallest absolute Gasteiger partial charge is 0.255 e. The number of carbonyl (C=O) groups is 1. The van der Waals surface area contributed by atoms with Crippen molar-refractivity contribution in [1.29, 1.82) is 0 Å². The van der Waals surface area contributed by atoms with Gasteiger partial charge in [0.25, 0.3) is 5.91 Å². The van der Waals surface area contributed by atoms with E-state index in [1.54, 1.807) is 0 Å². The monoisotopic (exact) mass is 429 g/mol. The van der Waals surface area contributed by atoms with Gasteiger partial charge in [0.05, 0.1) is 0 Å². The molecular weight excluding hydrogens is 398 g/mol. The second kappa shape index (κ2) is 10.3. The fourth-order valence-electron chi connectivity index (χ4n) is 3.94. The molecule has 1 saturated heterocycles. The zero-order valence-corrected chi connectivity index (χ0v) is 18.9. The summed E-state index contributed by atoms with van der Waals surface area (Å²) in [6, 6.07) is 23.6. The highest BCUT2D eigenvalue weighted by atomic mass is 16.5. The van der Waals surface area contributed by atoms with Crippen LogP contribution in [0.5, 0.6) is 5.75 Å². The Kier molecular flexibility index (Phi) is 7.07. The van der Waals surface area contributed by atoms with Crippen molar-refractivity contribution in [3.05, 3.63) is 89.5 Å². The van der Waals surface area contributed by atoms with Crippen LogP contribution in [0.15, 0.2) is 72.8 Å².